The molecule has 0 radical (unpaired) electrons. The monoisotopic (exact) mass is 726 g/mol. The van der Waals surface area contributed by atoms with Crippen LogP contribution in [0.3, 0.4) is 0 Å². The van der Waals surface area contributed by atoms with Crippen LogP contribution in [0.4, 0.5) is 19.2 Å². The van der Waals surface area contributed by atoms with E-state index in [1.165, 1.54) is 0 Å². The summed E-state index contributed by atoms with van der Waals surface area (Å²) in [6.45, 7) is 8.87. The highest BCUT2D eigenvalue weighted by Crippen LogP contribution is 2.24. The molecule has 15 heteroatoms. The van der Waals surface area contributed by atoms with E-state index in [0.29, 0.717) is 65.4 Å². The van der Waals surface area contributed by atoms with Crippen molar-refractivity contribution in [3.05, 3.63) is 71.3 Å². The fourth-order valence-electron chi connectivity index (χ4n) is 5.60. The van der Waals surface area contributed by atoms with Crippen LogP contribution in [-0.2, 0) is 43.4 Å². The fourth-order valence-corrected chi connectivity index (χ4v) is 5.60. The van der Waals surface area contributed by atoms with E-state index in [-0.39, 0.29) is 19.2 Å². The van der Waals surface area contributed by atoms with E-state index in [1.807, 2.05) is 75.4 Å². The van der Waals surface area contributed by atoms with Crippen molar-refractivity contribution in [3.63, 3.8) is 0 Å². The Balaban J connectivity index is 1.23. The van der Waals surface area contributed by atoms with Gasteiger partial charge in [0.2, 0.25) is 0 Å². The molecule has 286 valence electrons. The van der Waals surface area contributed by atoms with Gasteiger partial charge in [0.25, 0.3) is 0 Å². The number of hydrogen-bond donors (Lipinski definition) is 4. The maximum absolute atomic E-state index is 13.3. The van der Waals surface area contributed by atoms with Crippen molar-refractivity contribution < 1.29 is 42.9 Å². The molecule has 5 N–H and O–H groups in total. The summed E-state index contributed by atoms with van der Waals surface area (Å²) in [5.41, 5.74) is 7.69. The highest BCUT2D eigenvalue weighted by atomic mass is 16.6. The van der Waals surface area contributed by atoms with E-state index in [1.54, 1.807) is 9.80 Å². The molecule has 2 heterocycles. The largest absolute Gasteiger partial charge is 0.447 e. The first-order valence-electron chi connectivity index (χ1n) is 17.9. The molecule has 0 unspecified atom stereocenters. The standard InChI is InChI=1S/C37H54N6O9/c1-37(2,3)52-35(46)41-24-28-13-11-27(12-14-28)23-40-33(44)42-18-20-43(21-19-42)36(47)51-30-15-22-48-31(26-50-34(45)39-17-8-7-16-38)32(30)49-25-29-9-5-4-6-10-29/h4-6,9-14,30-32H,7-8,15-26,38H2,1-3H3,(H,39,45)(H,40,44)(H,41,46)/t30-,31-,32+/m1/s1. The summed E-state index contributed by atoms with van der Waals surface area (Å²) in [5.74, 6) is 0. The molecule has 2 aliphatic rings. The number of urea groups is 1. The fraction of sp³-hybridized carbons (Fsp3) is 0.568. The van der Waals surface area contributed by atoms with Crippen LogP contribution in [0.5, 0.6) is 0 Å². The molecule has 0 aromatic heterocycles. The van der Waals surface area contributed by atoms with E-state index in [0.717, 1.165) is 29.5 Å². The van der Waals surface area contributed by atoms with Gasteiger partial charge >= 0.3 is 24.3 Å². The number of piperazine rings is 1. The number of nitrogens with zero attached hydrogens (tertiary/aromatic N) is 2. The Morgan fingerprint density at radius 1 is 0.827 bits per heavy atom. The van der Waals surface area contributed by atoms with Gasteiger partial charge in [-0.2, -0.15) is 0 Å². The van der Waals surface area contributed by atoms with Gasteiger partial charge in [-0.25, -0.2) is 19.2 Å². The molecule has 2 saturated heterocycles. The molecule has 52 heavy (non-hydrogen) atoms. The van der Waals surface area contributed by atoms with Gasteiger partial charge in [0.05, 0.1) is 13.2 Å². The summed E-state index contributed by atoms with van der Waals surface area (Å²) in [6, 6.07) is 16.9. The molecule has 0 saturated carbocycles. The van der Waals surface area contributed by atoms with Crippen molar-refractivity contribution in [2.75, 3.05) is 52.5 Å². The van der Waals surface area contributed by atoms with Crippen LogP contribution in [0.25, 0.3) is 0 Å². The predicted molar refractivity (Wildman–Crippen MR) is 192 cm³/mol. The molecule has 0 spiro atoms. The minimum Gasteiger partial charge on any atom is -0.447 e. The van der Waals surface area contributed by atoms with Crippen molar-refractivity contribution in [1.29, 1.82) is 0 Å². The summed E-state index contributed by atoms with van der Waals surface area (Å²) in [5, 5.41) is 8.37. The lowest BCUT2D eigenvalue weighted by Gasteiger charge is -2.39. The third kappa shape index (κ3) is 13.8. The SMILES string of the molecule is CC(C)(C)OC(=O)NCc1ccc(CNC(=O)N2CCN(C(=O)O[C@@H]3CCO[C@H](COC(=O)NCCCCN)[C@H]3OCc3ccccc3)CC2)cc1. The number of carbonyl (C=O) groups is 4. The van der Waals surface area contributed by atoms with Crippen LogP contribution in [0, 0.1) is 0 Å². The average molecular weight is 727 g/mol. The zero-order chi connectivity index (χ0) is 37.3. The third-order valence-corrected chi connectivity index (χ3v) is 8.41. The molecule has 4 rings (SSSR count). The van der Waals surface area contributed by atoms with Crippen LogP contribution in [0.2, 0.25) is 0 Å². The van der Waals surface area contributed by atoms with Crippen molar-refractivity contribution in [2.45, 2.75) is 83.6 Å². The molecule has 5 amide bonds. The van der Waals surface area contributed by atoms with Gasteiger partial charge in [0, 0.05) is 52.2 Å². The Morgan fingerprint density at radius 3 is 2.13 bits per heavy atom. The van der Waals surface area contributed by atoms with Crippen LogP contribution < -0.4 is 21.7 Å². The van der Waals surface area contributed by atoms with Gasteiger partial charge in [-0.15, -0.1) is 0 Å². The Labute approximate surface area is 305 Å². The maximum atomic E-state index is 13.3. The van der Waals surface area contributed by atoms with Gasteiger partial charge in [-0.1, -0.05) is 54.6 Å². The number of ether oxygens (including phenoxy) is 5. The number of unbranched alkanes of at least 4 members (excludes halogenated alkanes) is 1. The number of nitrogens with two attached hydrogens (primary N) is 1. The zero-order valence-electron chi connectivity index (χ0n) is 30.5. The van der Waals surface area contributed by atoms with Gasteiger partial charge in [-0.05, 0) is 56.8 Å². The Kier molecular flexibility index (Phi) is 15.8. The summed E-state index contributed by atoms with van der Waals surface area (Å²) in [4.78, 5) is 53.7. The average Bonchev–Trinajstić information content (AvgIpc) is 3.13. The molecule has 2 aromatic rings. The Bertz CT molecular complexity index is 1420. The smallest absolute Gasteiger partial charge is 0.410 e. The summed E-state index contributed by atoms with van der Waals surface area (Å²) >= 11 is 0. The van der Waals surface area contributed by atoms with Crippen molar-refractivity contribution in [3.8, 4) is 0 Å². The molecular weight excluding hydrogens is 672 g/mol. The van der Waals surface area contributed by atoms with Gasteiger partial charge in [0.1, 0.15) is 30.5 Å². The highest BCUT2D eigenvalue weighted by molar-refractivity contribution is 5.75. The number of hydrogen-bond acceptors (Lipinski definition) is 10. The third-order valence-electron chi connectivity index (χ3n) is 8.41. The van der Waals surface area contributed by atoms with Crippen LogP contribution in [-0.4, -0.2) is 111 Å². The molecule has 15 nitrogen and oxygen atoms in total. The van der Waals surface area contributed by atoms with Crippen LogP contribution in [0.1, 0.15) is 56.7 Å². The Morgan fingerprint density at radius 2 is 1.48 bits per heavy atom. The van der Waals surface area contributed by atoms with Gasteiger partial charge < -0.3 is 55.2 Å². The van der Waals surface area contributed by atoms with Gasteiger partial charge in [-0.3, -0.25) is 0 Å². The quantitative estimate of drug-likeness (QED) is 0.165. The number of amides is 5. The lowest BCUT2D eigenvalue weighted by molar-refractivity contribution is -0.177. The van der Waals surface area contributed by atoms with E-state index in [9.17, 15) is 19.2 Å². The van der Waals surface area contributed by atoms with Crippen molar-refractivity contribution in [2.24, 2.45) is 5.73 Å². The van der Waals surface area contributed by atoms with Gasteiger partial charge in [0.15, 0.2) is 0 Å². The number of carbonyl (C=O) groups excluding carboxylic acids is 4. The first-order valence-corrected chi connectivity index (χ1v) is 17.9. The molecule has 2 aliphatic heterocycles. The molecule has 0 bridgehead atoms. The van der Waals surface area contributed by atoms with Crippen LogP contribution >= 0.6 is 0 Å². The van der Waals surface area contributed by atoms with E-state index in [4.69, 9.17) is 29.4 Å². The summed E-state index contributed by atoms with van der Waals surface area (Å²) in [6.07, 6.45) is -1.54. The molecular formula is C37H54N6O9. The Hall–Kier alpha value is -4.60. The van der Waals surface area contributed by atoms with E-state index < -0.39 is 42.2 Å². The highest BCUT2D eigenvalue weighted by Gasteiger charge is 2.40. The number of alkyl carbamates (subject to hydrolysis) is 2. The number of benzene rings is 2. The second-order valence-corrected chi connectivity index (χ2v) is 13.7. The zero-order valence-corrected chi connectivity index (χ0v) is 30.5. The maximum Gasteiger partial charge on any atom is 0.410 e. The minimum absolute atomic E-state index is 0.0700. The lowest BCUT2D eigenvalue weighted by Crippen LogP contribution is -2.55. The van der Waals surface area contributed by atoms with E-state index >= 15 is 0 Å². The second-order valence-electron chi connectivity index (χ2n) is 13.7. The normalized spacial score (nSPS) is 19.0. The molecule has 3 atom stereocenters. The van der Waals surface area contributed by atoms with Crippen molar-refractivity contribution in [1.82, 2.24) is 25.8 Å². The van der Waals surface area contributed by atoms with Crippen LogP contribution in [0.15, 0.2) is 54.6 Å². The first-order chi connectivity index (χ1) is 25.0. The topological polar surface area (TPSA) is 183 Å². The summed E-state index contributed by atoms with van der Waals surface area (Å²) in [7, 11) is 0. The lowest BCUT2D eigenvalue weighted by atomic mass is 10.0. The van der Waals surface area contributed by atoms with E-state index in [2.05, 4.69) is 16.0 Å². The van der Waals surface area contributed by atoms with Crippen molar-refractivity contribution >= 4 is 24.3 Å². The second kappa shape index (κ2) is 20.4. The summed E-state index contributed by atoms with van der Waals surface area (Å²) < 4.78 is 28.9. The minimum atomic E-state index is -0.676. The molecule has 2 aromatic carbocycles. The predicted octanol–water partition coefficient (Wildman–Crippen LogP) is 3.88. The molecule has 0 aliphatic carbocycles. The number of rotatable bonds is 14. The first kappa shape index (κ1) is 40.2. The molecule has 2 fully saturated rings. The number of nitrogens with one attached hydrogen (secondary N) is 3.